The molecule has 2 atom stereocenters. The van der Waals surface area contributed by atoms with E-state index in [1.165, 1.54) is 22.3 Å². The van der Waals surface area contributed by atoms with Crippen molar-refractivity contribution in [3.8, 4) is 0 Å². The molecule has 2 unspecified atom stereocenters. The van der Waals surface area contributed by atoms with E-state index < -0.39 is 6.10 Å². The molecule has 0 spiro atoms. The maximum Gasteiger partial charge on any atom is 0.0948 e. The van der Waals surface area contributed by atoms with Crippen molar-refractivity contribution in [1.82, 2.24) is 5.32 Å². The van der Waals surface area contributed by atoms with Gasteiger partial charge >= 0.3 is 0 Å². The van der Waals surface area contributed by atoms with Gasteiger partial charge < -0.3 is 10.4 Å². The summed E-state index contributed by atoms with van der Waals surface area (Å²) in [6.07, 6.45) is 0.497. The first kappa shape index (κ1) is 17.2. The van der Waals surface area contributed by atoms with Crippen LogP contribution >= 0.6 is 0 Å². The Morgan fingerprint density at radius 2 is 1.55 bits per heavy atom. The number of nitrogens with one attached hydrogen (secondary N) is 1. The lowest BCUT2D eigenvalue weighted by atomic mass is 9.87. The Bertz CT molecular complexity index is 425. The van der Waals surface area contributed by atoms with E-state index in [-0.39, 0.29) is 6.04 Å². The van der Waals surface area contributed by atoms with Crippen LogP contribution in [-0.2, 0) is 0 Å². The molecule has 0 saturated heterocycles. The van der Waals surface area contributed by atoms with Gasteiger partial charge in [-0.25, -0.2) is 0 Å². The van der Waals surface area contributed by atoms with Gasteiger partial charge in [0.15, 0.2) is 0 Å². The fourth-order valence-electron chi connectivity index (χ4n) is 2.76. The monoisotopic (exact) mass is 277 g/mol. The van der Waals surface area contributed by atoms with Crippen LogP contribution in [0, 0.1) is 33.6 Å². The standard InChI is InChI=1S/C18H31NO/c1-8-16(19-10-11(2)3)18(20)17-14(6)12(4)9-13(5)15(17)7/h9,11,16,18-20H,8,10H2,1-7H3. The average molecular weight is 277 g/mol. The van der Waals surface area contributed by atoms with Crippen LogP contribution in [-0.4, -0.2) is 17.7 Å². The molecule has 0 fully saturated rings. The predicted molar refractivity (Wildman–Crippen MR) is 87.3 cm³/mol. The fraction of sp³-hybridized carbons (Fsp3) is 0.667. The molecular formula is C18H31NO. The van der Waals surface area contributed by atoms with Gasteiger partial charge in [-0.3, -0.25) is 0 Å². The quantitative estimate of drug-likeness (QED) is 0.824. The molecule has 1 aromatic rings. The lowest BCUT2D eigenvalue weighted by Crippen LogP contribution is -2.37. The average Bonchev–Trinajstić information content (AvgIpc) is 2.37. The van der Waals surface area contributed by atoms with Crippen LogP contribution in [0.4, 0.5) is 0 Å². The number of aliphatic hydroxyl groups excluding tert-OH is 1. The van der Waals surface area contributed by atoms with Crippen molar-refractivity contribution in [3.05, 3.63) is 33.9 Å². The van der Waals surface area contributed by atoms with Crippen LogP contribution in [0.5, 0.6) is 0 Å². The van der Waals surface area contributed by atoms with Gasteiger partial charge in [0, 0.05) is 6.04 Å². The summed E-state index contributed by atoms with van der Waals surface area (Å²) in [5.74, 6) is 0.595. The summed E-state index contributed by atoms with van der Waals surface area (Å²) in [6, 6.07) is 2.33. The van der Waals surface area contributed by atoms with Gasteiger partial charge in [0.05, 0.1) is 6.10 Å². The smallest absolute Gasteiger partial charge is 0.0948 e. The lowest BCUT2D eigenvalue weighted by molar-refractivity contribution is 0.123. The lowest BCUT2D eigenvalue weighted by Gasteiger charge is -2.28. The fourth-order valence-corrected chi connectivity index (χ4v) is 2.76. The van der Waals surface area contributed by atoms with E-state index in [4.69, 9.17) is 0 Å². The van der Waals surface area contributed by atoms with Gasteiger partial charge in [-0.2, -0.15) is 0 Å². The first-order valence-electron chi connectivity index (χ1n) is 7.78. The molecule has 0 aliphatic rings. The molecule has 114 valence electrons. The summed E-state index contributed by atoms with van der Waals surface area (Å²) < 4.78 is 0. The number of hydrogen-bond donors (Lipinski definition) is 2. The molecule has 0 aliphatic carbocycles. The van der Waals surface area contributed by atoms with Crippen molar-refractivity contribution >= 4 is 0 Å². The topological polar surface area (TPSA) is 32.3 Å². The molecule has 0 radical (unpaired) electrons. The zero-order chi connectivity index (χ0) is 15.4. The molecule has 0 amide bonds. The van der Waals surface area contributed by atoms with Crippen LogP contribution in [0.2, 0.25) is 0 Å². The second kappa shape index (κ2) is 7.24. The number of aliphatic hydroxyl groups is 1. The Morgan fingerprint density at radius 3 is 1.95 bits per heavy atom. The third kappa shape index (κ3) is 3.83. The Balaban J connectivity index is 3.09. The van der Waals surface area contributed by atoms with E-state index in [0.29, 0.717) is 5.92 Å². The normalized spacial score (nSPS) is 14.7. The Morgan fingerprint density at radius 1 is 1.05 bits per heavy atom. The summed E-state index contributed by atoms with van der Waals surface area (Å²) in [5.41, 5.74) is 6.10. The van der Waals surface area contributed by atoms with Gasteiger partial charge in [-0.05, 0) is 74.4 Å². The molecule has 0 heterocycles. The second-order valence-electron chi connectivity index (χ2n) is 6.44. The van der Waals surface area contributed by atoms with E-state index in [1.54, 1.807) is 0 Å². The third-order valence-electron chi connectivity index (χ3n) is 4.33. The summed E-state index contributed by atoms with van der Waals surface area (Å²) in [4.78, 5) is 0. The zero-order valence-electron chi connectivity index (χ0n) is 14.2. The van der Waals surface area contributed by atoms with Gasteiger partial charge in [0.25, 0.3) is 0 Å². The Kier molecular flexibility index (Phi) is 6.22. The van der Waals surface area contributed by atoms with E-state index in [2.05, 4.69) is 59.8 Å². The molecule has 2 heteroatoms. The van der Waals surface area contributed by atoms with Crippen molar-refractivity contribution in [2.45, 2.75) is 67.0 Å². The highest BCUT2D eigenvalue weighted by atomic mass is 16.3. The largest absolute Gasteiger partial charge is 0.387 e. The van der Waals surface area contributed by atoms with Crippen molar-refractivity contribution < 1.29 is 5.11 Å². The maximum atomic E-state index is 10.8. The van der Waals surface area contributed by atoms with Gasteiger partial charge in [0.2, 0.25) is 0 Å². The maximum absolute atomic E-state index is 10.8. The summed E-state index contributed by atoms with van der Waals surface area (Å²) in [5, 5.41) is 14.4. The molecule has 0 aromatic heterocycles. The minimum Gasteiger partial charge on any atom is -0.387 e. The van der Waals surface area contributed by atoms with Crippen LogP contribution in [0.3, 0.4) is 0 Å². The Hall–Kier alpha value is -0.860. The molecular weight excluding hydrogens is 246 g/mol. The molecule has 0 aliphatic heterocycles. The second-order valence-corrected chi connectivity index (χ2v) is 6.44. The third-order valence-corrected chi connectivity index (χ3v) is 4.33. The van der Waals surface area contributed by atoms with Crippen LogP contribution in [0.15, 0.2) is 6.07 Å². The van der Waals surface area contributed by atoms with Gasteiger partial charge in [-0.15, -0.1) is 0 Å². The summed E-state index contributed by atoms with van der Waals surface area (Å²) >= 11 is 0. The van der Waals surface area contributed by atoms with Crippen LogP contribution < -0.4 is 5.32 Å². The molecule has 0 saturated carbocycles. The van der Waals surface area contributed by atoms with Crippen molar-refractivity contribution in [3.63, 3.8) is 0 Å². The first-order chi connectivity index (χ1) is 9.29. The van der Waals surface area contributed by atoms with Crippen molar-refractivity contribution in [2.75, 3.05) is 6.54 Å². The number of aryl methyl sites for hydroxylation is 2. The number of benzene rings is 1. The van der Waals surface area contributed by atoms with E-state index >= 15 is 0 Å². The zero-order valence-corrected chi connectivity index (χ0v) is 14.2. The minimum atomic E-state index is -0.433. The van der Waals surface area contributed by atoms with E-state index in [9.17, 15) is 5.11 Å². The molecule has 1 aromatic carbocycles. The summed E-state index contributed by atoms with van der Waals surface area (Å²) in [7, 11) is 0. The van der Waals surface area contributed by atoms with Crippen LogP contribution in [0.1, 0.15) is 61.1 Å². The molecule has 2 nitrogen and oxygen atoms in total. The predicted octanol–water partition coefficient (Wildman–Crippen LogP) is 3.98. The highest BCUT2D eigenvalue weighted by molar-refractivity contribution is 5.45. The SMILES string of the molecule is CCC(NCC(C)C)C(O)c1c(C)c(C)cc(C)c1C. The number of rotatable bonds is 6. The first-order valence-corrected chi connectivity index (χ1v) is 7.78. The van der Waals surface area contributed by atoms with Gasteiger partial charge in [-0.1, -0.05) is 26.8 Å². The van der Waals surface area contributed by atoms with Crippen molar-refractivity contribution in [2.24, 2.45) is 5.92 Å². The molecule has 0 bridgehead atoms. The summed E-state index contributed by atoms with van der Waals surface area (Å²) in [6.45, 7) is 16.0. The van der Waals surface area contributed by atoms with E-state index in [1.807, 2.05) is 0 Å². The molecule has 1 rings (SSSR count). The van der Waals surface area contributed by atoms with Gasteiger partial charge in [0.1, 0.15) is 0 Å². The number of hydrogen-bond acceptors (Lipinski definition) is 2. The minimum absolute atomic E-state index is 0.121. The highest BCUT2D eigenvalue weighted by Gasteiger charge is 2.23. The van der Waals surface area contributed by atoms with E-state index in [0.717, 1.165) is 18.5 Å². The molecule has 2 N–H and O–H groups in total. The molecule has 20 heavy (non-hydrogen) atoms. The van der Waals surface area contributed by atoms with Crippen LogP contribution in [0.25, 0.3) is 0 Å². The Labute approximate surface area is 124 Å². The highest BCUT2D eigenvalue weighted by Crippen LogP contribution is 2.30. The van der Waals surface area contributed by atoms with Crippen molar-refractivity contribution in [1.29, 1.82) is 0 Å².